The van der Waals surface area contributed by atoms with Crippen LogP contribution in [0.5, 0.6) is 0 Å². The Morgan fingerprint density at radius 2 is 0.633 bits per heavy atom. The number of carbonyl (C=O) groups excluding carboxylic acids is 4. The van der Waals surface area contributed by atoms with Gasteiger partial charge in [0.2, 0.25) is 11.8 Å². The minimum absolute atomic E-state index is 0.0103. The Balaban J connectivity index is 1.09. The summed E-state index contributed by atoms with van der Waals surface area (Å²) in [5.41, 5.74) is 0. The molecule has 2 amide bonds. The van der Waals surface area contributed by atoms with Crippen LogP contribution in [0.1, 0.15) is 26.2 Å². The average Bonchev–Trinajstić information content (AvgIpc) is 0.804. The monoisotopic (exact) mass is 1660 g/mol. The SMILES string of the molecule is CN[C@H](CSCC1O[C@@H]2O[C@@H]3C(CO)O[C@H](O[C@@H]4C(CO)O[C@H](O[C@@H]5C(CO)O[C@H](O[C@@H]6C(CSC[C@@H](CC(=O)CCOCCOCCC(C)=O)C(=O)NCCS)O[C@H](O[C@@H]7C(CO)O[C@H](O[C@@H]8C(CO)O[C@H](O[C@H]1[C@H](O)C2O)C(O)[C@H]8O)C(O)[C@H]7O)C(O)[C@H]6O)C(O)[C@H]5O)C(O)[C@H]4O)C(O)[C@H]3O)C(=O)NCCS. The molecule has 21 rings (SSSR count). The van der Waals surface area contributed by atoms with E-state index in [2.05, 4.69) is 41.2 Å². The molecule has 14 bridgehead atoms. The van der Waals surface area contributed by atoms with Crippen molar-refractivity contribution in [2.45, 2.75) is 247 Å². The van der Waals surface area contributed by atoms with Gasteiger partial charge in [-0.3, -0.25) is 19.2 Å². The summed E-state index contributed by atoms with van der Waals surface area (Å²) in [6.45, 7) is -3.37. The number of carbonyl (C=O) groups is 4. The molecule has 21 aliphatic heterocycles. The molecule has 0 radical (unpaired) electrons. The van der Waals surface area contributed by atoms with E-state index in [9.17, 15) is 116 Å². The molecule has 21 aliphatic rings. The molecule has 21 heterocycles. The minimum atomic E-state index is -2.29. The zero-order valence-electron chi connectivity index (χ0n) is 59.4. The quantitative estimate of drug-likeness (QED) is 0.0226. The lowest BCUT2D eigenvalue weighted by Gasteiger charge is -2.50. The second kappa shape index (κ2) is 44.7. The largest absolute Gasteiger partial charge is 0.394 e. The van der Waals surface area contributed by atoms with Crippen molar-refractivity contribution >= 4 is 72.2 Å². The third-order valence-electron chi connectivity index (χ3n) is 19.4. The number of ether oxygens (including phenoxy) is 16. The Bertz CT molecular complexity index is 2740. The van der Waals surface area contributed by atoms with Gasteiger partial charge in [-0.25, -0.2) is 0 Å². The highest BCUT2D eigenvalue weighted by molar-refractivity contribution is 7.99. The first kappa shape index (κ1) is 92.7. The van der Waals surface area contributed by atoms with Crippen LogP contribution in [-0.4, -0.2) is 456 Å². The van der Waals surface area contributed by atoms with Gasteiger partial charge in [0.25, 0.3) is 0 Å². The second-order valence-electron chi connectivity index (χ2n) is 27.1. The molecule has 0 aliphatic carbocycles. The molecule has 0 spiro atoms. The number of hydrogen-bond acceptors (Lipinski definition) is 44. The van der Waals surface area contributed by atoms with Crippen molar-refractivity contribution in [3.05, 3.63) is 0 Å². The van der Waals surface area contributed by atoms with E-state index in [1.807, 2.05) is 0 Å². The van der Waals surface area contributed by atoms with Gasteiger partial charge in [0.15, 0.2) is 44.0 Å². The summed E-state index contributed by atoms with van der Waals surface area (Å²) in [6.07, 6.45) is -72.0. The van der Waals surface area contributed by atoms with Gasteiger partial charge < -0.3 is 189 Å². The maximum Gasteiger partial charge on any atom is 0.238 e. The molecule has 0 aromatic rings. The summed E-state index contributed by atoms with van der Waals surface area (Å²) in [7, 11) is 1.50. The van der Waals surface area contributed by atoms with Crippen LogP contribution in [0.2, 0.25) is 0 Å². The maximum absolute atomic E-state index is 13.7. The van der Waals surface area contributed by atoms with Gasteiger partial charge in [0, 0.05) is 66.9 Å². The summed E-state index contributed by atoms with van der Waals surface area (Å²) in [5, 5.41) is 227. The van der Waals surface area contributed by atoms with E-state index in [4.69, 9.17) is 75.8 Å². The molecule has 0 aromatic heterocycles. The summed E-state index contributed by atoms with van der Waals surface area (Å²) in [4.78, 5) is 51.3. The van der Waals surface area contributed by atoms with Crippen LogP contribution in [0.15, 0.2) is 0 Å². The van der Waals surface area contributed by atoms with Gasteiger partial charge in [-0.2, -0.15) is 48.8 Å². The highest BCUT2D eigenvalue weighted by atomic mass is 32.2. The van der Waals surface area contributed by atoms with Crippen molar-refractivity contribution in [3.63, 3.8) is 0 Å². The molecular formula is C63H107N3O39S4. The van der Waals surface area contributed by atoms with Gasteiger partial charge in [-0.1, -0.05) is 0 Å². The first-order valence-corrected chi connectivity index (χ1v) is 39.2. The lowest BCUT2D eigenvalue weighted by molar-refractivity contribution is -0.395. The molecule has 14 unspecified atom stereocenters. The van der Waals surface area contributed by atoms with Crippen molar-refractivity contribution in [3.8, 4) is 0 Å². The van der Waals surface area contributed by atoms with Crippen LogP contribution in [-0.2, 0) is 95.0 Å². The van der Waals surface area contributed by atoms with E-state index in [1.165, 1.54) is 14.0 Å². The number of Topliss-reactive ketones (excluding diaryl/α,β-unsaturated/α-hetero) is 2. The Labute approximate surface area is 644 Å². The fourth-order valence-electron chi connectivity index (χ4n) is 13.3. The van der Waals surface area contributed by atoms with Crippen LogP contribution < -0.4 is 16.0 Å². The van der Waals surface area contributed by atoms with Crippen LogP contribution in [0.4, 0.5) is 0 Å². The van der Waals surface area contributed by atoms with Crippen molar-refractivity contribution in [1.29, 1.82) is 0 Å². The third kappa shape index (κ3) is 23.6. The zero-order valence-corrected chi connectivity index (χ0v) is 62.8. The molecule has 46 heteroatoms. The van der Waals surface area contributed by atoms with E-state index in [0.717, 1.165) is 23.5 Å². The molecule has 22 N–H and O–H groups in total. The van der Waals surface area contributed by atoms with Crippen LogP contribution >= 0.6 is 48.8 Å². The molecule has 21 fully saturated rings. The van der Waals surface area contributed by atoms with E-state index < -0.39 is 278 Å². The summed E-state index contributed by atoms with van der Waals surface area (Å²) >= 11 is 10.2. The van der Waals surface area contributed by atoms with Crippen LogP contribution in [0.3, 0.4) is 0 Å². The number of thiol groups is 2. The number of hydrogen-bond donors (Lipinski definition) is 24. The van der Waals surface area contributed by atoms with Crippen molar-refractivity contribution in [1.82, 2.24) is 16.0 Å². The predicted molar refractivity (Wildman–Crippen MR) is 370 cm³/mol. The number of rotatable bonds is 31. The summed E-state index contributed by atoms with van der Waals surface area (Å²) < 4.78 is 94.6. The number of aliphatic hydroxyl groups excluding tert-OH is 19. The Hall–Kier alpha value is -1.76. The molecule has 0 aromatic carbocycles. The lowest BCUT2D eigenvalue weighted by Crippen LogP contribution is -2.68. The number of ketones is 2. The highest BCUT2D eigenvalue weighted by Gasteiger charge is 2.60. The number of amides is 2. The summed E-state index contributed by atoms with van der Waals surface area (Å²) in [6, 6.07) is -0.860. The molecule has 0 saturated carbocycles. The first-order valence-electron chi connectivity index (χ1n) is 35.6. The molecule has 42 nitrogen and oxygen atoms in total. The van der Waals surface area contributed by atoms with Gasteiger partial charge in [-0.15, -0.1) is 0 Å². The first-order chi connectivity index (χ1) is 52.1. The van der Waals surface area contributed by atoms with E-state index in [0.29, 0.717) is 5.75 Å². The number of nitrogens with one attached hydrogen (secondary N) is 3. The van der Waals surface area contributed by atoms with E-state index in [1.54, 1.807) is 0 Å². The maximum atomic E-state index is 13.7. The third-order valence-corrected chi connectivity index (χ3v) is 22.2. The summed E-state index contributed by atoms with van der Waals surface area (Å²) in [5.74, 6) is -2.89. The lowest BCUT2D eigenvalue weighted by atomic mass is 9.95. The van der Waals surface area contributed by atoms with Gasteiger partial charge in [-0.05, 0) is 14.0 Å². The topological polar surface area (TPSA) is 636 Å². The van der Waals surface area contributed by atoms with Crippen molar-refractivity contribution < 1.29 is 192 Å². The average molecular weight is 1660 g/mol. The molecule has 632 valence electrons. The standard InChI is InChI=1S/C63H107N3O39S4/c1-23(72)3-7-90-9-10-91-8-4-25(73)13-24(55(88)65-5-11-106)19-108-21-32-53-39(79)46(86)62(97-32)102-51-30(17-70)93-59(42(82)35(51)75)101-50-29(16-69)96-61(45(85)38(50)78)105-54-33(22-109-20-26(64-2)56(89)66-6-12-107)98-63(47(87)40(54)80)103-52-31(18-71)94-58(43(83)36(52)76)99-48-27(14-67)92-57(41(81)34(48)74)100-49-28(15-68)95-60(104-53)44(84)37(49)77/h24,26-54,57-64,67-71,74-87,106-107H,3-22H2,1-2H3,(H,65,88)(H,66,89)/t24-,26-,27?,28?,29?,30?,31?,32?,33?,34-,35-,36-,37-,38-,39-,40-,41?,42?,43?,44?,45?,46?,47?,48-,49-,50-,51-,52-,53-,54-,57-,58-,59-,60-,61-,62-,63-/m1/s1. The smallest absolute Gasteiger partial charge is 0.238 e. The number of aliphatic hydroxyl groups is 19. The van der Waals surface area contributed by atoms with E-state index >= 15 is 0 Å². The minimum Gasteiger partial charge on any atom is -0.394 e. The highest BCUT2D eigenvalue weighted by Crippen LogP contribution is 2.40. The predicted octanol–water partition coefficient (Wildman–Crippen LogP) is -13.1. The normalized spacial score (nSPS) is 43.0. The zero-order chi connectivity index (χ0) is 79.7. The molecular weight excluding hydrogens is 1550 g/mol. The Morgan fingerprint density at radius 3 is 0.908 bits per heavy atom. The van der Waals surface area contributed by atoms with Gasteiger partial charge in [0.1, 0.15) is 170 Å². The van der Waals surface area contributed by atoms with Crippen molar-refractivity contribution in [2.75, 3.05) is 114 Å². The van der Waals surface area contributed by atoms with Crippen LogP contribution in [0.25, 0.3) is 0 Å². The Kier molecular flexibility index (Phi) is 38.0. The fourth-order valence-corrected chi connectivity index (χ4v) is 15.9. The van der Waals surface area contributed by atoms with Crippen molar-refractivity contribution in [2.24, 2.45) is 5.92 Å². The molecule has 109 heavy (non-hydrogen) atoms. The Morgan fingerprint density at radius 1 is 0.367 bits per heavy atom. The second-order valence-corrected chi connectivity index (χ2v) is 30.1. The van der Waals surface area contributed by atoms with Gasteiger partial charge in [0.05, 0.1) is 83.6 Å². The number of thioether (sulfide) groups is 2. The fraction of sp³-hybridized carbons (Fsp3) is 0.937. The van der Waals surface area contributed by atoms with Crippen LogP contribution in [0, 0.1) is 5.92 Å². The van der Waals surface area contributed by atoms with Gasteiger partial charge >= 0.3 is 0 Å². The molecule has 37 atom stereocenters. The number of likely N-dealkylation sites (N-methyl/N-ethyl adjacent to an activating group) is 1. The molecule has 21 saturated heterocycles. The van der Waals surface area contributed by atoms with E-state index in [-0.39, 0.29) is 93.3 Å².